The van der Waals surface area contributed by atoms with Crippen LogP contribution in [-0.4, -0.2) is 40.8 Å². The molecule has 5 unspecified atom stereocenters. The molecule has 1 N–H and O–H groups in total. The smallest absolute Gasteiger partial charge is 0.450 e. The Morgan fingerprint density at radius 2 is 1.95 bits per heavy atom. The van der Waals surface area contributed by atoms with Crippen LogP contribution in [0.25, 0.3) is 0 Å². The van der Waals surface area contributed by atoms with Crippen LogP contribution >= 0.6 is 0 Å². The number of hydrogen-bond donors (Lipinski definition) is 1. The zero-order valence-electron chi connectivity index (χ0n) is 11.0. The highest BCUT2D eigenvalue weighted by Crippen LogP contribution is 2.60. The molecule has 0 bridgehead atoms. The molecule has 0 amide bonds. The second kappa shape index (κ2) is 3.85. The summed E-state index contributed by atoms with van der Waals surface area (Å²) in [4.78, 5) is 10.6. The lowest BCUT2D eigenvalue weighted by Crippen LogP contribution is -2.35. The number of hydrogen-bond acceptors (Lipinski definition) is 4. The van der Waals surface area contributed by atoms with Gasteiger partial charge in [0, 0.05) is 12.8 Å². The van der Waals surface area contributed by atoms with Crippen molar-refractivity contribution in [3.63, 3.8) is 0 Å². The van der Waals surface area contributed by atoms with Crippen LogP contribution in [0.15, 0.2) is 0 Å². The Morgan fingerprint density at radius 3 is 2.68 bits per heavy atom. The molecule has 2 aliphatic heterocycles. The zero-order chi connectivity index (χ0) is 13.1. The van der Waals surface area contributed by atoms with Crippen LogP contribution in [0.1, 0.15) is 51.4 Å². The van der Waals surface area contributed by atoms with Gasteiger partial charge >= 0.3 is 6.16 Å². The van der Waals surface area contributed by atoms with Gasteiger partial charge in [-0.15, -0.1) is 0 Å². The summed E-state index contributed by atoms with van der Waals surface area (Å²) >= 11 is 0. The molecule has 2 saturated carbocycles. The molecule has 0 aromatic heterocycles. The fourth-order valence-corrected chi connectivity index (χ4v) is 4.28. The van der Waals surface area contributed by atoms with E-state index in [9.17, 15) is 4.79 Å². The van der Waals surface area contributed by atoms with E-state index in [0.717, 1.165) is 19.3 Å². The monoisotopic (exact) mass is 268 g/mol. The fourth-order valence-electron chi connectivity index (χ4n) is 4.28. The molecule has 0 aromatic carbocycles. The average Bonchev–Trinajstić information content (AvgIpc) is 3.22. The lowest BCUT2D eigenvalue weighted by molar-refractivity contribution is 0.0347. The summed E-state index contributed by atoms with van der Waals surface area (Å²) in [6.07, 6.45) is 7.64. The molecular weight excluding hydrogens is 248 g/mol. The van der Waals surface area contributed by atoms with Crippen molar-refractivity contribution in [2.75, 3.05) is 0 Å². The minimum Gasteiger partial charge on any atom is -0.450 e. The lowest BCUT2D eigenvalue weighted by Gasteiger charge is -2.27. The van der Waals surface area contributed by atoms with E-state index in [-0.39, 0.29) is 23.4 Å². The molecule has 5 nitrogen and oxygen atoms in total. The van der Waals surface area contributed by atoms with Crippen molar-refractivity contribution in [2.24, 2.45) is 0 Å². The Hall–Kier alpha value is -0.810. The number of epoxide rings is 2. The molecule has 106 valence electrons. The van der Waals surface area contributed by atoms with Crippen LogP contribution in [0, 0.1) is 0 Å². The van der Waals surface area contributed by atoms with Crippen molar-refractivity contribution < 1.29 is 24.1 Å². The van der Waals surface area contributed by atoms with E-state index < -0.39 is 6.16 Å². The first-order valence-electron chi connectivity index (χ1n) is 7.37. The van der Waals surface area contributed by atoms with E-state index in [1.54, 1.807) is 0 Å². The summed E-state index contributed by atoms with van der Waals surface area (Å²) in [7, 11) is 0. The van der Waals surface area contributed by atoms with Crippen molar-refractivity contribution in [1.29, 1.82) is 0 Å². The first-order valence-corrected chi connectivity index (χ1v) is 7.37. The van der Waals surface area contributed by atoms with Gasteiger partial charge in [-0.2, -0.15) is 0 Å². The van der Waals surface area contributed by atoms with Crippen molar-refractivity contribution >= 4 is 6.16 Å². The Morgan fingerprint density at radius 1 is 1.16 bits per heavy atom. The number of rotatable bonds is 3. The van der Waals surface area contributed by atoms with Crippen LogP contribution in [0.2, 0.25) is 0 Å². The molecule has 4 rings (SSSR count). The Kier molecular flexibility index (Phi) is 2.43. The first-order chi connectivity index (χ1) is 9.12. The quantitative estimate of drug-likeness (QED) is 0.629. The molecule has 0 aromatic rings. The maximum absolute atomic E-state index is 10.6. The van der Waals surface area contributed by atoms with Crippen molar-refractivity contribution in [2.45, 2.75) is 80.9 Å². The first kappa shape index (κ1) is 12.0. The molecule has 5 atom stereocenters. The van der Waals surface area contributed by atoms with Gasteiger partial charge in [-0.3, -0.25) is 0 Å². The molecule has 4 aliphatic rings. The van der Waals surface area contributed by atoms with Crippen LogP contribution in [0.4, 0.5) is 4.79 Å². The van der Waals surface area contributed by atoms with Crippen LogP contribution < -0.4 is 0 Å². The molecule has 5 heteroatoms. The number of ether oxygens (including phenoxy) is 3. The standard InChI is InChI=1S/C14H20O5/c15-12(16)17-9-4-6-14(11(7-9)19-14)8-13-5-2-1-3-10(13)18-13/h9-11H,1-8H2,(H,15,16). The third kappa shape index (κ3) is 1.94. The molecule has 4 fully saturated rings. The Bertz CT molecular complexity index is 411. The highest BCUT2D eigenvalue weighted by molar-refractivity contribution is 5.57. The molecule has 0 radical (unpaired) electrons. The Labute approximate surface area is 112 Å². The average molecular weight is 268 g/mol. The zero-order valence-corrected chi connectivity index (χ0v) is 11.0. The number of fused-ring (bicyclic) bond motifs is 2. The molecule has 2 aliphatic carbocycles. The van der Waals surface area contributed by atoms with Crippen molar-refractivity contribution in [3.8, 4) is 0 Å². The molecule has 2 saturated heterocycles. The summed E-state index contributed by atoms with van der Waals surface area (Å²) in [6.45, 7) is 0. The van der Waals surface area contributed by atoms with E-state index in [0.29, 0.717) is 12.5 Å². The van der Waals surface area contributed by atoms with Gasteiger partial charge in [0.25, 0.3) is 0 Å². The van der Waals surface area contributed by atoms with Gasteiger partial charge in [0.2, 0.25) is 0 Å². The normalized spacial score (nSPS) is 50.8. The molecule has 2 heterocycles. The van der Waals surface area contributed by atoms with Gasteiger partial charge in [0.05, 0.1) is 23.4 Å². The van der Waals surface area contributed by atoms with Crippen LogP contribution in [0.5, 0.6) is 0 Å². The van der Waals surface area contributed by atoms with Gasteiger partial charge in [-0.05, 0) is 25.7 Å². The largest absolute Gasteiger partial charge is 0.506 e. The van der Waals surface area contributed by atoms with E-state index in [1.807, 2.05) is 0 Å². The molecule has 19 heavy (non-hydrogen) atoms. The molecule has 0 spiro atoms. The van der Waals surface area contributed by atoms with E-state index in [1.165, 1.54) is 25.7 Å². The van der Waals surface area contributed by atoms with Gasteiger partial charge in [0.1, 0.15) is 6.10 Å². The summed E-state index contributed by atoms with van der Waals surface area (Å²) in [5.74, 6) is 0. The maximum atomic E-state index is 10.6. The molecular formula is C14H20O5. The topological polar surface area (TPSA) is 71.6 Å². The van der Waals surface area contributed by atoms with Crippen molar-refractivity contribution in [3.05, 3.63) is 0 Å². The van der Waals surface area contributed by atoms with E-state index in [4.69, 9.17) is 19.3 Å². The van der Waals surface area contributed by atoms with Gasteiger partial charge in [-0.1, -0.05) is 12.8 Å². The second-order valence-electron chi connectivity index (χ2n) is 6.55. The fraction of sp³-hybridized carbons (Fsp3) is 0.929. The van der Waals surface area contributed by atoms with Crippen LogP contribution in [-0.2, 0) is 14.2 Å². The predicted octanol–water partition coefficient (Wildman–Crippen LogP) is 2.47. The third-order valence-corrected chi connectivity index (χ3v) is 5.36. The third-order valence-electron chi connectivity index (χ3n) is 5.36. The summed E-state index contributed by atoms with van der Waals surface area (Å²) in [6, 6.07) is 0. The Balaban J connectivity index is 1.36. The summed E-state index contributed by atoms with van der Waals surface area (Å²) in [5.41, 5.74) is 0.0813. The van der Waals surface area contributed by atoms with Crippen LogP contribution in [0.3, 0.4) is 0 Å². The second-order valence-corrected chi connectivity index (χ2v) is 6.55. The highest BCUT2D eigenvalue weighted by atomic mass is 16.7. The summed E-state index contributed by atoms with van der Waals surface area (Å²) in [5, 5.41) is 8.66. The summed E-state index contributed by atoms with van der Waals surface area (Å²) < 4.78 is 16.7. The minimum atomic E-state index is -1.17. The number of carboxylic acid groups (broad SMARTS) is 1. The van der Waals surface area contributed by atoms with Crippen molar-refractivity contribution in [1.82, 2.24) is 0 Å². The SMILES string of the molecule is O=C(O)OC1CCC2(CC34CCCCC3O4)OC2C1. The minimum absolute atomic E-state index is 0.0234. The maximum Gasteiger partial charge on any atom is 0.506 e. The van der Waals surface area contributed by atoms with E-state index >= 15 is 0 Å². The van der Waals surface area contributed by atoms with Gasteiger partial charge in [0.15, 0.2) is 0 Å². The predicted molar refractivity (Wildman–Crippen MR) is 65.0 cm³/mol. The van der Waals surface area contributed by atoms with Gasteiger partial charge in [-0.25, -0.2) is 4.79 Å². The van der Waals surface area contributed by atoms with E-state index in [2.05, 4.69) is 0 Å². The highest BCUT2D eigenvalue weighted by Gasteiger charge is 2.68. The lowest BCUT2D eigenvalue weighted by atomic mass is 9.76. The number of carbonyl (C=O) groups is 1. The van der Waals surface area contributed by atoms with Gasteiger partial charge < -0.3 is 19.3 Å².